The van der Waals surface area contributed by atoms with Crippen molar-refractivity contribution in [2.24, 2.45) is 0 Å². The van der Waals surface area contributed by atoms with Crippen molar-refractivity contribution in [1.29, 1.82) is 0 Å². The molecule has 0 saturated heterocycles. The molecule has 2 aliphatic heterocycles. The van der Waals surface area contributed by atoms with Gasteiger partial charge in [0.05, 0.1) is 32.7 Å². The van der Waals surface area contributed by atoms with Gasteiger partial charge in [0.15, 0.2) is 0 Å². The van der Waals surface area contributed by atoms with Crippen molar-refractivity contribution in [2.45, 2.75) is 39.3 Å². The average Bonchev–Trinajstić information content (AvgIpc) is 3.85. The van der Waals surface area contributed by atoms with Gasteiger partial charge in [0.2, 0.25) is 0 Å². The molecule has 4 heterocycles. The van der Waals surface area contributed by atoms with Gasteiger partial charge in [0, 0.05) is 49.2 Å². The molecule has 0 radical (unpaired) electrons. The van der Waals surface area contributed by atoms with Crippen LogP contribution in [0.2, 0.25) is 39.3 Å². The van der Waals surface area contributed by atoms with Gasteiger partial charge in [-0.1, -0.05) is 195 Å². The number of aromatic nitrogens is 2. The van der Waals surface area contributed by atoms with Gasteiger partial charge in [-0.3, -0.25) is 0 Å². The van der Waals surface area contributed by atoms with E-state index in [4.69, 9.17) is 0 Å². The van der Waals surface area contributed by atoms with E-state index in [-0.39, 0.29) is 6.71 Å². The van der Waals surface area contributed by atoms with Gasteiger partial charge in [-0.05, 0) is 88.4 Å². The van der Waals surface area contributed by atoms with Crippen LogP contribution in [-0.4, -0.2) is 32.0 Å². The zero-order valence-electron chi connectivity index (χ0n) is 37.6. The molecule has 0 bridgehead atoms. The molecule has 0 atom stereocenters. The highest BCUT2D eigenvalue weighted by atomic mass is 28.3. The number of rotatable bonds is 2. The van der Waals surface area contributed by atoms with E-state index in [1.165, 1.54) is 146 Å². The van der Waals surface area contributed by atoms with E-state index < -0.39 is 16.1 Å². The van der Waals surface area contributed by atoms with E-state index in [0.29, 0.717) is 0 Å². The summed E-state index contributed by atoms with van der Waals surface area (Å²) in [4.78, 5) is 0. The van der Waals surface area contributed by atoms with Crippen molar-refractivity contribution < 1.29 is 0 Å². The molecular formula is C60H45BN2Si2. The SMILES string of the molecule is C[Si](C)(C)c1ccc2c(c1)c1cc([Si](C)(C)C)cc3c1n2-c1cccc2c1B3c1cc3c4ccccc4c4ccccc4c3c3c4ccc5c6ccccc6c6ccccc6c5c4n-2c13. The summed E-state index contributed by atoms with van der Waals surface area (Å²) in [5, 5.41) is 24.4. The summed E-state index contributed by atoms with van der Waals surface area (Å²) in [5.41, 5.74) is 12.2. The van der Waals surface area contributed by atoms with E-state index in [0.717, 1.165) is 0 Å². The van der Waals surface area contributed by atoms with Gasteiger partial charge in [0.25, 0.3) is 6.71 Å². The number of fused-ring (bicyclic) bond motifs is 24. The quantitative estimate of drug-likeness (QED) is 0.121. The molecule has 0 saturated carbocycles. The van der Waals surface area contributed by atoms with E-state index >= 15 is 0 Å². The molecule has 0 unspecified atom stereocenters. The predicted octanol–water partition coefficient (Wildman–Crippen LogP) is 13.0. The Morgan fingerprint density at radius 3 is 1.43 bits per heavy atom. The van der Waals surface area contributed by atoms with Crippen LogP contribution in [0.4, 0.5) is 0 Å². The number of nitrogens with zero attached hydrogens (tertiary/aromatic N) is 2. The molecule has 2 aliphatic rings. The third-order valence-electron chi connectivity index (χ3n) is 15.7. The van der Waals surface area contributed by atoms with Crippen molar-refractivity contribution in [1.82, 2.24) is 9.13 Å². The first-order valence-electron chi connectivity index (χ1n) is 23.4. The lowest BCUT2D eigenvalue weighted by atomic mass is 9.34. The van der Waals surface area contributed by atoms with E-state index in [1.807, 2.05) is 0 Å². The molecule has 13 aromatic rings. The summed E-state index contributed by atoms with van der Waals surface area (Å²) in [6, 6.07) is 64.0. The van der Waals surface area contributed by atoms with Crippen LogP contribution >= 0.6 is 0 Å². The first-order valence-corrected chi connectivity index (χ1v) is 30.4. The van der Waals surface area contributed by atoms with Crippen molar-refractivity contribution in [3.05, 3.63) is 164 Å². The second kappa shape index (κ2) is 12.0. The fraction of sp³-hybridized carbons (Fsp3) is 0.100. The molecule has 0 aliphatic carbocycles. The van der Waals surface area contributed by atoms with Crippen LogP contribution in [0, 0.1) is 0 Å². The number of benzene rings is 11. The third-order valence-corrected chi connectivity index (χ3v) is 19.8. The van der Waals surface area contributed by atoms with E-state index in [9.17, 15) is 0 Å². The third kappa shape index (κ3) is 4.46. The molecule has 0 fully saturated rings. The Morgan fingerprint density at radius 1 is 0.323 bits per heavy atom. The summed E-state index contributed by atoms with van der Waals surface area (Å²) in [7, 11) is -3.39. The predicted molar refractivity (Wildman–Crippen MR) is 291 cm³/mol. The lowest BCUT2D eigenvalue weighted by molar-refractivity contribution is 1.15. The van der Waals surface area contributed by atoms with Crippen LogP contribution in [0.3, 0.4) is 0 Å². The topological polar surface area (TPSA) is 9.86 Å². The normalized spacial score (nSPS) is 13.7. The molecule has 2 nitrogen and oxygen atoms in total. The minimum atomic E-state index is -1.79. The standard InChI is InChI=1S/C60H45BN2Si2/c1-64(2,3)34-26-29-51-46(30-34)48-31-35(65(4,5)6)32-49-58(48)62(51)52-24-15-25-53-57(52)61(49)50-33-47-41-21-10-8-17-37(41)38-18-11-13-22-42(38)54(47)56-45-28-27-44-40-20-9-7-16-36(40)39-19-12-14-23-43(39)55(44)59(45)63(53)60(50)56/h7-33H,1-6H3. The molecular weight excluding hydrogens is 816 g/mol. The van der Waals surface area contributed by atoms with Crippen LogP contribution in [0.5, 0.6) is 0 Å². The van der Waals surface area contributed by atoms with Crippen molar-refractivity contribution >= 4 is 158 Å². The van der Waals surface area contributed by atoms with Gasteiger partial charge < -0.3 is 9.13 Å². The second-order valence-electron chi connectivity index (χ2n) is 21.2. The number of hydrogen-bond donors (Lipinski definition) is 0. The molecule has 11 aromatic carbocycles. The molecule has 0 amide bonds. The zero-order valence-corrected chi connectivity index (χ0v) is 39.6. The second-order valence-corrected chi connectivity index (χ2v) is 31.3. The maximum atomic E-state index is 2.74. The highest BCUT2D eigenvalue weighted by Gasteiger charge is 2.42. The maximum Gasteiger partial charge on any atom is 0.252 e. The Kier molecular flexibility index (Phi) is 6.75. The highest BCUT2D eigenvalue weighted by molar-refractivity contribution is 7.01. The van der Waals surface area contributed by atoms with Crippen LogP contribution in [-0.2, 0) is 0 Å². The Morgan fingerprint density at radius 2 is 0.815 bits per heavy atom. The van der Waals surface area contributed by atoms with Gasteiger partial charge in [-0.2, -0.15) is 0 Å². The molecule has 306 valence electrons. The minimum Gasteiger partial charge on any atom is -0.310 e. The van der Waals surface area contributed by atoms with Crippen LogP contribution in [0.1, 0.15) is 0 Å². The Labute approximate surface area is 379 Å². The monoisotopic (exact) mass is 860 g/mol. The fourth-order valence-corrected chi connectivity index (χ4v) is 15.1. The van der Waals surface area contributed by atoms with Crippen molar-refractivity contribution in [3.63, 3.8) is 0 Å². The van der Waals surface area contributed by atoms with Crippen LogP contribution in [0.15, 0.2) is 164 Å². The first kappa shape index (κ1) is 36.4. The molecule has 0 spiro atoms. The van der Waals surface area contributed by atoms with Crippen molar-refractivity contribution in [2.75, 3.05) is 0 Å². The Bertz CT molecular complexity index is 4350. The fourth-order valence-electron chi connectivity index (χ4n) is 12.8. The zero-order chi connectivity index (χ0) is 43.4. The van der Waals surface area contributed by atoms with Gasteiger partial charge >= 0.3 is 0 Å². The average molecular weight is 861 g/mol. The van der Waals surface area contributed by atoms with Crippen LogP contribution in [0.25, 0.3) is 120 Å². The summed E-state index contributed by atoms with van der Waals surface area (Å²) in [6.45, 7) is 15.1. The Balaban J connectivity index is 1.24. The Hall–Kier alpha value is -6.92. The lowest BCUT2D eigenvalue weighted by Gasteiger charge is -2.34. The lowest BCUT2D eigenvalue weighted by Crippen LogP contribution is -2.60. The van der Waals surface area contributed by atoms with Crippen LogP contribution < -0.4 is 26.8 Å². The first-order chi connectivity index (χ1) is 31.6. The molecule has 15 rings (SSSR count). The molecule has 0 N–H and O–H groups in total. The van der Waals surface area contributed by atoms with Gasteiger partial charge in [-0.25, -0.2) is 0 Å². The van der Waals surface area contributed by atoms with Gasteiger partial charge in [-0.15, -0.1) is 0 Å². The summed E-state index contributed by atoms with van der Waals surface area (Å²) in [6.07, 6.45) is 0. The molecule has 5 heteroatoms. The number of hydrogen-bond acceptors (Lipinski definition) is 0. The van der Waals surface area contributed by atoms with E-state index in [1.54, 1.807) is 0 Å². The summed E-state index contributed by atoms with van der Waals surface area (Å²) in [5.74, 6) is 0. The van der Waals surface area contributed by atoms with E-state index in [2.05, 4.69) is 212 Å². The highest BCUT2D eigenvalue weighted by Crippen LogP contribution is 2.48. The largest absolute Gasteiger partial charge is 0.310 e. The minimum absolute atomic E-state index is 0.0473. The molecule has 2 aromatic heterocycles. The molecule has 65 heavy (non-hydrogen) atoms. The van der Waals surface area contributed by atoms with Gasteiger partial charge in [0.1, 0.15) is 0 Å². The summed E-state index contributed by atoms with van der Waals surface area (Å²) < 4.78 is 5.40. The maximum absolute atomic E-state index is 2.74. The smallest absolute Gasteiger partial charge is 0.252 e. The van der Waals surface area contributed by atoms with Crippen molar-refractivity contribution in [3.8, 4) is 11.4 Å². The summed E-state index contributed by atoms with van der Waals surface area (Å²) >= 11 is 0.